The molecule has 100 valence electrons. The van der Waals surface area contributed by atoms with E-state index in [1.807, 2.05) is 11.8 Å². The maximum absolute atomic E-state index is 9.50. The Morgan fingerprint density at radius 2 is 2.21 bits per heavy atom. The van der Waals surface area contributed by atoms with E-state index < -0.39 is 0 Å². The average molecular weight is 272 g/mol. The first-order valence-corrected chi connectivity index (χ1v) is 7.99. The molecule has 2 nitrogen and oxygen atoms in total. The number of aryl methyl sites for hydroxylation is 1. The van der Waals surface area contributed by atoms with Crippen LogP contribution in [0.5, 0.6) is 0 Å². The number of thioether (sulfide) groups is 1. The van der Waals surface area contributed by atoms with Crippen LogP contribution < -0.4 is 5.32 Å². The van der Waals surface area contributed by atoms with E-state index in [4.69, 9.17) is 0 Å². The smallest absolute Gasteiger partial charge is 0.108 e. The topological polar surface area (TPSA) is 35.8 Å². The van der Waals surface area contributed by atoms with E-state index in [1.54, 1.807) is 0 Å². The second-order valence-electron chi connectivity index (χ2n) is 5.91. The number of hydrogen-bond acceptors (Lipinski definition) is 3. The van der Waals surface area contributed by atoms with Crippen molar-refractivity contribution in [3.8, 4) is 6.07 Å². The number of nitriles is 1. The lowest BCUT2D eigenvalue weighted by Gasteiger charge is -2.22. The highest BCUT2D eigenvalue weighted by atomic mass is 32.2. The Morgan fingerprint density at radius 3 is 2.89 bits per heavy atom. The van der Waals surface area contributed by atoms with Crippen molar-refractivity contribution in [3.63, 3.8) is 0 Å². The lowest BCUT2D eigenvalue weighted by atomic mass is 10.00. The number of nitrogens with zero attached hydrogens (tertiary/aromatic N) is 1. The molecule has 0 aromatic heterocycles. The van der Waals surface area contributed by atoms with Crippen LogP contribution in [0.25, 0.3) is 0 Å². The zero-order valence-corrected chi connectivity index (χ0v) is 12.2. The van der Waals surface area contributed by atoms with Crippen molar-refractivity contribution in [1.29, 1.82) is 5.26 Å². The molecular weight excluding hydrogens is 252 g/mol. The van der Waals surface area contributed by atoms with Gasteiger partial charge in [0.25, 0.3) is 0 Å². The van der Waals surface area contributed by atoms with E-state index in [1.165, 1.54) is 23.3 Å². The summed E-state index contributed by atoms with van der Waals surface area (Å²) in [7, 11) is 0. The summed E-state index contributed by atoms with van der Waals surface area (Å²) >= 11 is 1.94. The molecule has 2 saturated carbocycles. The Balaban J connectivity index is 1.63. The van der Waals surface area contributed by atoms with Crippen molar-refractivity contribution in [3.05, 3.63) is 29.8 Å². The normalized spacial score (nSPS) is 30.2. The van der Waals surface area contributed by atoms with E-state index in [9.17, 15) is 5.26 Å². The van der Waals surface area contributed by atoms with Gasteiger partial charge in [-0.3, -0.25) is 5.32 Å². The lowest BCUT2D eigenvalue weighted by Crippen LogP contribution is -2.43. The van der Waals surface area contributed by atoms with Crippen LogP contribution in [0.2, 0.25) is 0 Å². The maximum Gasteiger partial charge on any atom is 0.108 e. The molecule has 0 bridgehead atoms. The fourth-order valence-corrected chi connectivity index (χ4v) is 4.26. The van der Waals surface area contributed by atoms with E-state index in [0.717, 1.165) is 19.3 Å². The second-order valence-corrected chi connectivity index (χ2v) is 7.29. The summed E-state index contributed by atoms with van der Waals surface area (Å²) in [6.07, 6.45) is 5.63. The SMILES string of the molecule is Cc1cccc(SC2CCC(C#N)(NC3CC3)C2)c1. The predicted octanol–water partition coefficient (Wildman–Crippen LogP) is 3.65. The fourth-order valence-electron chi connectivity index (χ4n) is 2.87. The number of rotatable bonds is 4. The van der Waals surface area contributed by atoms with Crippen LogP contribution in [0.3, 0.4) is 0 Å². The third-order valence-corrected chi connectivity index (χ3v) is 5.30. The summed E-state index contributed by atoms with van der Waals surface area (Å²) in [4.78, 5) is 1.34. The van der Waals surface area contributed by atoms with E-state index in [-0.39, 0.29) is 5.54 Å². The van der Waals surface area contributed by atoms with Gasteiger partial charge in [-0.15, -0.1) is 11.8 Å². The van der Waals surface area contributed by atoms with Crippen molar-refractivity contribution < 1.29 is 0 Å². The molecule has 19 heavy (non-hydrogen) atoms. The quantitative estimate of drug-likeness (QED) is 0.908. The molecule has 3 rings (SSSR count). The molecule has 3 heteroatoms. The van der Waals surface area contributed by atoms with Crippen molar-refractivity contribution in [1.82, 2.24) is 5.32 Å². The zero-order chi connectivity index (χ0) is 13.3. The Kier molecular flexibility index (Phi) is 3.56. The predicted molar refractivity (Wildman–Crippen MR) is 79.2 cm³/mol. The maximum atomic E-state index is 9.50. The molecule has 2 fully saturated rings. The van der Waals surface area contributed by atoms with Gasteiger partial charge in [0.2, 0.25) is 0 Å². The lowest BCUT2D eigenvalue weighted by molar-refractivity contribution is 0.420. The van der Waals surface area contributed by atoms with Crippen LogP contribution in [0.15, 0.2) is 29.2 Å². The number of hydrogen-bond donors (Lipinski definition) is 1. The van der Waals surface area contributed by atoms with Gasteiger partial charge < -0.3 is 0 Å². The van der Waals surface area contributed by atoms with Crippen LogP contribution in [0.1, 0.15) is 37.7 Å². The van der Waals surface area contributed by atoms with Gasteiger partial charge in [0, 0.05) is 16.2 Å². The molecule has 2 atom stereocenters. The number of benzene rings is 1. The molecular formula is C16H20N2S. The Hall–Kier alpha value is -0.980. The van der Waals surface area contributed by atoms with Crippen molar-refractivity contribution >= 4 is 11.8 Å². The van der Waals surface area contributed by atoms with Crippen LogP contribution >= 0.6 is 11.8 Å². The highest BCUT2D eigenvalue weighted by Crippen LogP contribution is 2.41. The molecule has 2 aliphatic rings. The first kappa shape index (κ1) is 13.0. The Morgan fingerprint density at radius 1 is 1.37 bits per heavy atom. The van der Waals surface area contributed by atoms with Crippen molar-refractivity contribution in [2.45, 2.75) is 60.8 Å². The van der Waals surface area contributed by atoms with Crippen LogP contribution in [0.4, 0.5) is 0 Å². The van der Waals surface area contributed by atoms with E-state index >= 15 is 0 Å². The summed E-state index contributed by atoms with van der Waals surface area (Å²) in [6.45, 7) is 2.13. The summed E-state index contributed by atoms with van der Waals surface area (Å²) in [5.74, 6) is 0. The summed E-state index contributed by atoms with van der Waals surface area (Å²) in [5, 5.41) is 13.6. The molecule has 0 saturated heterocycles. The highest BCUT2D eigenvalue weighted by Gasteiger charge is 2.42. The molecule has 0 aliphatic heterocycles. The van der Waals surface area contributed by atoms with Crippen LogP contribution in [-0.4, -0.2) is 16.8 Å². The molecule has 2 unspecified atom stereocenters. The minimum atomic E-state index is -0.247. The Bertz CT molecular complexity index is 504. The monoisotopic (exact) mass is 272 g/mol. The zero-order valence-electron chi connectivity index (χ0n) is 11.4. The number of nitrogens with one attached hydrogen (secondary N) is 1. The molecule has 0 heterocycles. The molecule has 1 aromatic rings. The standard InChI is InChI=1S/C16H20N2S/c1-12-3-2-4-14(9-12)19-15-7-8-16(10-15,11-17)18-13-5-6-13/h2-4,9,13,15,18H,5-8,10H2,1H3. The van der Waals surface area contributed by atoms with Gasteiger partial charge >= 0.3 is 0 Å². The van der Waals surface area contributed by atoms with Gasteiger partial charge in [0.1, 0.15) is 5.54 Å². The van der Waals surface area contributed by atoms with Gasteiger partial charge in [-0.05, 0) is 51.2 Å². The first-order chi connectivity index (χ1) is 9.19. The van der Waals surface area contributed by atoms with Gasteiger partial charge in [-0.1, -0.05) is 17.7 Å². The van der Waals surface area contributed by atoms with E-state index in [0.29, 0.717) is 11.3 Å². The molecule has 0 spiro atoms. The van der Waals surface area contributed by atoms with Gasteiger partial charge in [-0.25, -0.2) is 0 Å². The average Bonchev–Trinajstić information content (AvgIpc) is 3.11. The van der Waals surface area contributed by atoms with Crippen molar-refractivity contribution in [2.24, 2.45) is 0 Å². The van der Waals surface area contributed by atoms with Crippen LogP contribution in [0, 0.1) is 18.3 Å². The minimum Gasteiger partial charge on any atom is -0.297 e. The van der Waals surface area contributed by atoms with E-state index in [2.05, 4.69) is 42.6 Å². The Labute approximate surface area is 119 Å². The van der Waals surface area contributed by atoms with Crippen LogP contribution in [-0.2, 0) is 0 Å². The summed E-state index contributed by atoms with van der Waals surface area (Å²) < 4.78 is 0. The third-order valence-electron chi connectivity index (χ3n) is 4.03. The molecule has 1 N–H and O–H groups in total. The van der Waals surface area contributed by atoms with Crippen molar-refractivity contribution in [2.75, 3.05) is 0 Å². The first-order valence-electron chi connectivity index (χ1n) is 7.11. The van der Waals surface area contributed by atoms with Gasteiger partial charge in [-0.2, -0.15) is 5.26 Å². The highest BCUT2D eigenvalue weighted by molar-refractivity contribution is 8.00. The fraction of sp³-hybridized carbons (Fsp3) is 0.562. The largest absolute Gasteiger partial charge is 0.297 e. The van der Waals surface area contributed by atoms with Gasteiger partial charge in [0.15, 0.2) is 0 Å². The second kappa shape index (κ2) is 5.19. The molecule has 0 radical (unpaired) electrons. The third kappa shape index (κ3) is 3.13. The molecule has 0 amide bonds. The molecule has 1 aromatic carbocycles. The summed E-state index contributed by atoms with van der Waals surface area (Å²) in [6, 6.07) is 11.8. The minimum absolute atomic E-state index is 0.247. The summed E-state index contributed by atoms with van der Waals surface area (Å²) in [5.41, 5.74) is 1.06. The van der Waals surface area contributed by atoms with Gasteiger partial charge in [0.05, 0.1) is 6.07 Å². The molecule has 2 aliphatic carbocycles.